The van der Waals surface area contributed by atoms with Crippen LogP contribution in [0.1, 0.15) is 33.9 Å². The minimum atomic E-state index is -4.61. The SMILES string of the molecule is Cl.FC(F)(F)c1nc(-c2ccc[nH]2)nc2c1CCNC2.O=C(O)N1CCc2c(nc(-c3ccc[nH]3)nc2C(F)(F)F)C1. The third-order valence-corrected chi connectivity index (χ3v) is 6.49. The van der Waals surface area contributed by atoms with Crippen LogP contribution in [0.5, 0.6) is 0 Å². The second kappa shape index (κ2) is 12.0. The Morgan fingerprint density at radius 3 is 1.81 bits per heavy atom. The molecule has 0 aromatic carbocycles. The summed E-state index contributed by atoms with van der Waals surface area (Å²) in [4.78, 5) is 33.3. The number of carbonyl (C=O) groups is 1. The van der Waals surface area contributed by atoms with Gasteiger partial charge in [-0.25, -0.2) is 24.7 Å². The van der Waals surface area contributed by atoms with Gasteiger partial charge in [-0.05, 0) is 43.7 Å². The molecule has 0 radical (unpaired) electrons. The molecule has 4 N–H and O–H groups in total. The van der Waals surface area contributed by atoms with Crippen LogP contribution in [0.25, 0.3) is 23.0 Å². The monoisotopic (exact) mass is 616 g/mol. The van der Waals surface area contributed by atoms with Crippen LogP contribution >= 0.6 is 12.4 Å². The van der Waals surface area contributed by atoms with Gasteiger partial charge in [0, 0.05) is 36.6 Å². The van der Waals surface area contributed by atoms with Gasteiger partial charge in [-0.2, -0.15) is 26.3 Å². The molecule has 0 bridgehead atoms. The van der Waals surface area contributed by atoms with Crippen LogP contribution in [-0.4, -0.2) is 59.1 Å². The molecule has 4 aromatic heterocycles. The molecule has 6 rings (SSSR count). The van der Waals surface area contributed by atoms with Crippen LogP contribution in [0.2, 0.25) is 0 Å². The van der Waals surface area contributed by atoms with Gasteiger partial charge in [0.05, 0.1) is 29.3 Å². The van der Waals surface area contributed by atoms with E-state index in [9.17, 15) is 31.1 Å². The normalized spacial score (nSPS) is 14.7. The molecule has 2 aliphatic heterocycles. The second-order valence-corrected chi connectivity index (χ2v) is 9.19. The zero-order chi connectivity index (χ0) is 29.4. The van der Waals surface area contributed by atoms with E-state index in [0.717, 1.165) is 4.90 Å². The average Bonchev–Trinajstić information content (AvgIpc) is 3.66. The highest BCUT2D eigenvalue weighted by Gasteiger charge is 2.40. The Morgan fingerprint density at radius 1 is 0.810 bits per heavy atom. The molecular formula is C25H23ClF6N8O2. The summed E-state index contributed by atoms with van der Waals surface area (Å²) in [6.45, 7) is 0.677. The lowest BCUT2D eigenvalue weighted by Gasteiger charge is -2.27. The van der Waals surface area contributed by atoms with Crippen LogP contribution in [0.15, 0.2) is 36.7 Å². The summed E-state index contributed by atoms with van der Waals surface area (Å²) in [7, 11) is 0. The molecule has 0 saturated carbocycles. The Hall–Kier alpha value is -4.18. The number of carboxylic acid groups (broad SMARTS) is 1. The largest absolute Gasteiger partial charge is 0.465 e. The number of amides is 1. The second-order valence-electron chi connectivity index (χ2n) is 9.19. The number of nitrogens with zero attached hydrogens (tertiary/aromatic N) is 5. The summed E-state index contributed by atoms with van der Waals surface area (Å²) in [6.07, 6.45) is -6.82. The molecule has 2 aliphatic rings. The van der Waals surface area contributed by atoms with E-state index >= 15 is 0 Å². The van der Waals surface area contributed by atoms with Crippen LogP contribution in [0, 0.1) is 0 Å². The van der Waals surface area contributed by atoms with Crippen molar-refractivity contribution >= 4 is 18.5 Å². The Balaban J connectivity index is 0.000000190. The zero-order valence-corrected chi connectivity index (χ0v) is 22.3. The van der Waals surface area contributed by atoms with E-state index < -0.39 is 29.8 Å². The maximum absolute atomic E-state index is 13.2. The van der Waals surface area contributed by atoms with Gasteiger partial charge < -0.3 is 25.3 Å². The van der Waals surface area contributed by atoms with Gasteiger partial charge in [0.15, 0.2) is 23.0 Å². The molecule has 224 valence electrons. The fraction of sp³-hybridized carbons (Fsp3) is 0.320. The van der Waals surface area contributed by atoms with Crippen molar-refractivity contribution in [3.05, 3.63) is 70.6 Å². The number of fused-ring (bicyclic) bond motifs is 2. The summed E-state index contributed by atoms with van der Waals surface area (Å²) < 4.78 is 78.9. The maximum atomic E-state index is 13.2. The molecular weight excluding hydrogens is 594 g/mol. The van der Waals surface area contributed by atoms with Crippen molar-refractivity contribution in [1.82, 2.24) is 40.1 Å². The number of halogens is 7. The van der Waals surface area contributed by atoms with Crippen molar-refractivity contribution in [2.24, 2.45) is 0 Å². The quantitative estimate of drug-likeness (QED) is 0.231. The van der Waals surface area contributed by atoms with Crippen LogP contribution in [0.3, 0.4) is 0 Å². The van der Waals surface area contributed by atoms with Gasteiger partial charge in [0.2, 0.25) is 0 Å². The number of aromatic nitrogens is 6. The Bertz CT molecular complexity index is 1540. The molecule has 0 aliphatic carbocycles. The Kier molecular flexibility index (Phi) is 8.77. The molecule has 0 unspecified atom stereocenters. The molecule has 4 aromatic rings. The molecule has 1 amide bonds. The first-order valence-corrected chi connectivity index (χ1v) is 12.3. The molecule has 0 saturated heterocycles. The minimum absolute atomic E-state index is 0. The van der Waals surface area contributed by atoms with Crippen molar-refractivity contribution in [1.29, 1.82) is 0 Å². The van der Waals surface area contributed by atoms with E-state index in [1.807, 2.05) is 0 Å². The van der Waals surface area contributed by atoms with Gasteiger partial charge in [-0.1, -0.05) is 0 Å². The smallest absolute Gasteiger partial charge is 0.433 e. The first-order chi connectivity index (χ1) is 19.4. The summed E-state index contributed by atoms with van der Waals surface area (Å²) in [5, 5.41) is 12.0. The fourth-order valence-electron chi connectivity index (χ4n) is 4.60. The van der Waals surface area contributed by atoms with Crippen molar-refractivity contribution < 1.29 is 36.2 Å². The number of aromatic amines is 2. The highest BCUT2D eigenvalue weighted by Crippen LogP contribution is 2.36. The third kappa shape index (κ3) is 6.49. The molecule has 42 heavy (non-hydrogen) atoms. The van der Waals surface area contributed by atoms with Crippen LogP contribution < -0.4 is 5.32 Å². The number of nitrogens with one attached hydrogen (secondary N) is 3. The molecule has 0 atom stereocenters. The van der Waals surface area contributed by atoms with Crippen molar-refractivity contribution in [2.45, 2.75) is 38.3 Å². The summed E-state index contributed by atoms with van der Waals surface area (Å²) >= 11 is 0. The van der Waals surface area contributed by atoms with Crippen molar-refractivity contribution in [3.8, 4) is 23.0 Å². The van der Waals surface area contributed by atoms with Gasteiger partial charge in [0.1, 0.15) is 0 Å². The van der Waals surface area contributed by atoms with Crippen molar-refractivity contribution in [2.75, 3.05) is 13.1 Å². The van der Waals surface area contributed by atoms with E-state index in [2.05, 4.69) is 35.2 Å². The third-order valence-electron chi connectivity index (χ3n) is 6.49. The highest BCUT2D eigenvalue weighted by atomic mass is 35.5. The van der Waals surface area contributed by atoms with E-state index in [0.29, 0.717) is 36.6 Å². The Morgan fingerprint density at radius 2 is 1.33 bits per heavy atom. The standard InChI is InChI=1S/C13H11F3N4O2.C12H11F3N4.ClH/c14-13(15,16)10-7-3-5-20(12(21)22)6-9(7)18-11(19-10)8-2-1-4-17-8;13-12(14,15)10-7-3-5-16-6-9(7)18-11(19-10)8-2-1-4-17-8;/h1-2,4,17H,3,5-6H2,(H,21,22);1-2,4,16-17H,3,5-6H2;1H. The van der Waals surface area contributed by atoms with Gasteiger partial charge in [0.25, 0.3) is 0 Å². The van der Waals surface area contributed by atoms with Gasteiger partial charge in [-0.3, -0.25) is 0 Å². The Labute approximate surface area is 240 Å². The molecule has 0 fully saturated rings. The topological polar surface area (TPSA) is 136 Å². The lowest BCUT2D eigenvalue weighted by molar-refractivity contribution is -0.142. The predicted octanol–water partition coefficient (Wildman–Crippen LogP) is 5.08. The highest BCUT2D eigenvalue weighted by molar-refractivity contribution is 5.85. The summed E-state index contributed by atoms with van der Waals surface area (Å²) in [5.41, 5.74) is -0.268. The predicted molar refractivity (Wildman–Crippen MR) is 138 cm³/mol. The summed E-state index contributed by atoms with van der Waals surface area (Å²) in [6, 6.07) is 6.52. The first kappa shape index (κ1) is 30.8. The average molecular weight is 617 g/mol. The van der Waals surface area contributed by atoms with Crippen molar-refractivity contribution in [3.63, 3.8) is 0 Å². The first-order valence-electron chi connectivity index (χ1n) is 12.3. The molecule has 0 spiro atoms. The van der Waals surface area contributed by atoms with Crippen LogP contribution in [0.4, 0.5) is 31.1 Å². The van der Waals surface area contributed by atoms with Gasteiger partial charge in [-0.15, -0.1) is 12.4 Å². The number of H-pyrrole nitrogens is 2. The number of rotatable bonds is 2. The van der Waals surface area contributed by atoms with Gasteiger partial charge >= 0.3 is 18.4 Å². The number of alkyl halides is 6. The van der Waals surface area contributed by atoms with E-state index in [1.54, 1.807) is 36.7 Å². The van der Waals surface area contributed by atoms with E-state index in [1.165, 1.54) is 0 Å². The van der Waals surface area contributed by atoms with E-state index in [-0.39, 0.29) is 60.4 Å². The summed E-state index contributed by atoms with van der Waals surface area (Å²) in [5.74, 6) is -0.0110. The van der Waals surface area contributed by atoms with E-state index in [4.69, 9.17) is 5.11 Å². The number of hydrogen-bond donors (Lipinski definition) is 4. The number of hydrogen-bond acceptors (Lipinski definition) is 6. The fourth-order valence-corrected chi connectivity index (χ4v) is 4.60. The molecule has 10 nitrogen and oxygen atoms in total. The minimum Gasteiger partial charge on any atom is -0.465 e. The lowest BCUT2D eigenvalue weighted by Crippen LogP contribution is -2.36. The molecule has 6 heterocycles. The zero-order valence-electron chi connectivity index (χ0n) is 21.5. The lowest BCUT2D eigenvalue weighted by atomic mass is 10.0. The maximum Gasteiger partial charge on any atom is 0.433 e. The van der Waals surface area contributed by atoms with Crippen LogP contribution in [-0.2, 0) is 38.3 Å². The molecule has 17 heteroatoms.